The van der Waals surface area contributed by atoms with Crippen LogP contribution in [0, 0.1) is 5.82 Å². The molecule has 2 fully saturated rings. The quantitative estimate of drug-likeness (QED) is 0.790. The predicted octanol–water partition coefficient (Wildman–Crippen LogP) is 0.0480. The van der Waals surface area contributed by atoms with E-state index in [4.69, 9.17) is 0 Å². The van der Waals surface area contributed by atoms with Gasteiger partial charge < -0.3 is 10.2 Å². The fraction of sp³-hybridized carbons (Fsp3) is 0.438. The number of hydrazine groups is 1. The lowest BCUT2D eigenvalue weighted by Gasteiger charge is -2.33. The number of rotatable bonds is 2. The fourth-order valence-electron chi connectivity index (χ4n) is 3.46. The number of anilines is 1. The molecule has 2 saturated heterocycles. The van der Waals surface area contributed by atoms with Crippen molar-refractivity contribution in [3.63, 3.8) is 0 Å². The summed E-state index contributed by atoms with van der Waals surface area (Å²) < 4.78 is 15.0. The molecule has 3 aliphatic heterocycles. The molecule has 0 radical (unpaired) electrons. The molecule has 4 rings (SSSR count). The first-order chi connectivity index (χ1) is 12.1. The van der Waals surface area contributed by atoms with Gasteiger partial charge in [0.15, 0.2) is 5.82 Å². The Kier molecular flexibility index (Phi) is 3.79. The highest BCUT2D eigenvalue weighted by Crippen LogP contribution is 2.32. The van der Waals surface area contributed by atoms with Crippen LogP contribution in [0.1, 0.15) is 22.3 Å². The Hall–Kier alpha value is -2.68. The Labute approximate surface area is 143 Å². The van der Waals surface area contributed by atoms with Gasteiger partial charge in [0, 0.05) is 43.7 Å². The largest absolute Gasteiger partial charge is 0.367 e. The van der Waals surface area contributed by atoms with Crippen LogP contribution in [0.15, 0.2) is 12.1 Å². The van der Waals surface area contributed by atoms with Crippen LogP contribution < -0.4 is 15.5 Å². The molecule has 0 aliphatic carbocycles. The van der Waals surface area contributed by atoms with E-state index in [-0.39, 0.29) is 31.0 Å². The number of hydrogen-bond donors (Lipinski definition) is 2. The van der Waals surface area contributed by atoms with Gasteiger partial charge in [0.1, 0.15) is 0 Å². The van der Waals surface area contributed by atoms with Gasteiger partial charge in [-0.3, -0.25) is 14.9 Å². The molecule has 1 aromatic rings. The first-order valence-corrected chi connectivity index (χ1v) is 8.26. The summed E-state index contributed by atoms with van der Waals surface area (Å²) in [4.78, 5) is 37.8. The molecule has 2 N–H and O–H groups in total. The number of fused-ring (bicyclic) bond motifs is 1. The summed E-state index contributed by atoms with van der Waals surface area (Å²) in [7, 11) is 0. The van der Waals surface area contributed by atoms with Crippen LogP contribution in [0.25, 0.3) is 0 Å². The molecule has 132 valence electrons. The SMILES string of the molecule is O=C1CCN(N2Cc3c(ccc(N4CCNCC4)c3F)C2=O)C(=O)N1. The number of carbonyl (C=O) groups is 3. The second-order valence-electron chi connectivity index (χ2n) is 6.25. The molecular formula is C16H18FN5O3. The topological polar surface area (TPSA) is 85.0 Å². The molecule has 9 heteroatoms. The first-order valence-electron chi connectivity index (χ1n) is 8.26. The van der Waals surface area contributed by atoms with E-state index in [0.717, 1.165) is 13.1 Å². The number of halogens is 1. The predicted molar refractivity (Wildman–Crippen MR) is 86.2 cm³/mol. The van der Waals surface area contributed by atoms with Crippen molar-refractivity contribution >= 4 is 23.5 Å². The highest BCUT2D eigenvalue weighted by atomic mass is 19.1. The van der Waals surface area contributed by atoms with Gasteiger partial charge in [-0.25, -0.2) is 19.2 Å². The van der Waals surface area contributed by atoms with E-state index < -0.39 is 17.8 Å². The molecule has 8 nitrogen and oxygen atoms in total. The van der Waals surface area contributed by atoms with E-state index in [1.54, 1.807) is 12.1 Å². The Morgan fingerprint density at radius 2 is 1.76 bits per heavy atom. The molecular weight excluding hydrogens is 329 g/mol. The Balaban J connectivity index is 1.61. The van der Waals surface area contributed by atoms with Crippen LogP contribution in [-0.4, -0.2) is 60.6 Å². The zero-order chi connectivity index (χ0) is 17.6. The summed E-state index contributed by atoms with van der Waals surface area (Å²) in [5, 5.41) is 7.77. The molecule has 3 aliphatic rings. The average molecular weight is 347 g/mol. The maximum atomic E-state index is 15.0. The van der Waals surface area contributed by atoms with E-state index in [9.17, 15) is 14.4 Å². The first kappa shape index (κ1) is 15.8. The minimum Gasteiger partial charge on any atom is -0.367 e. The number of nitrogens with one attached hydrogen (secondary N) is 2. The third-order valence-electron chi connectivity index (χ3n) is 4.78. The third kappa shape index (κ3) is 2.60. The number of piperazine rings is 1. The van der Waals surface area contributed by atoms with Crippen molar-refractivity contribution < 1.29 is 18.8 Å². The zero-order valence-electron chi connectivity index (χ0n) is 13.5. The van der Waals surface area contributed by atoms with Gasteiger partial charge in [0.25, 0.3) is 5.91 Å². The monoisotopic (exact) mass is 347 g/mol. The van der Waals surface area contributed by atoms with Crippen molar-refractivity contribution in [3.05, 3.63) is 29.1 Å². The third-order valence-corrected chi connectivity index (χ3v) is 4.78. The van der Waals surface area contributed by atoms with Crippen LogP contribution in [0.3, 0.4) is 0 Å². The van der Waals surface area contributed by atoms with Crippen molar-refractivity contribution in [3.8, 4) is 0 Å². The lowest BCUT2D eigenvalue weighted by atomic mass is 10.1. The smallest absolute Gasteiger partial charge is 0.342 e. The molecule has 0 unspecified atom stereocenters. The number of benzene rings is 1. The van der Waals surface area contributed by atoms with Crippen LogP contribution in [-0.2, 0) is 11.3 Å². The lowest BCUT2D eigenvalue weighted by Crippen LogP contribution is -2.56. The molecule has 0 aromatic heterocycles. The molecule has 1 aromatic carbocycles. The Morgan fingerprint density at radius 1 is 1.00 bits per heavy atom. The second-order valence-corrected chi connectivity index (χ2v) is 6.25. The Bertz CT molecular complexity index is 762. The van der Waals surface area contributed by atoms with Gasteiger partial charge in [-0.15, -0.1) is 0 Å². The van der Waals surface area contributed by atoms with Gasteiger partial charge in [0.05, 0.1) is 18.8 Å². The highest BCUT2D eigenvalue weighted by molar-refractivity contribution is 6.02. The van der Waals surface area contributed by atoms with Crippen LogP contribution >= 0.6 is 0 Å². The van der Waals surface area contributed by atoms with Crippen LogP contribution in [0.4, 0.5) is 14.9 Å². The van der Waals surface area contributed by atoms with Crippen molar-refractivity contribution in [2.75, 3.05) is 37.6 Å². The van der Waals surface area contributed by atoms with Gasteiger partial charge in [-0.05, 0) is 12.1 Å². The minimum atomic E-state index is -0.653. The van der Waals surface area contributed by atoms with Crippen molar-refractivity contribution in [1.82, 2.24) is 20.7 Å². The van der Waals surface area contributed by atoms with E-state index in [1.807, 2.05) is 4.90 Å². The summed E-state index contributed by atoms with van der Waals surface area (Å²) >= 11 is 0. The van der Waals surface area contributed by atoms with Crippen molar-refractivity contribution in [2.45, 2.75) is 13.0 Å². The molecule has 0 bridgehead atoms. The zero-order valence-corrected chi connectivity index (χ0v) is 13.5. The van der Waals surface area contributed by atoms with E-state index >= 15 is 4.39 Å². The number of hydrogen-bond acceptors (Lipinski definition) is 5. The van der Waals surface area contributed by atoms with E-state index in [0.29, 0.717) is 24.3 Å². The second kappa shape index (κ2) is 5.99. The molecule has 25 heavy (non-hydrogen) atoms. The van der Waals surface area contributed by atoms with Gasteiger partial charge in [-0.2, -0.15) is 0 Å². The number of carbonyl (C=O) groups excluding carboxylic acids is 3. The van der Waals surface area contributed by atoms with Gasteiger partial charge in [0.2, 0.25) is 5.91 Å². The molecule has 0 spiro atoms. The van der Waals surface area contributed by atoms with Gasteiger partial charge in [-0.1, -0.05) is 0 Å². The van der Waals surface area contributed by atoms with Crippen LogP contribution in [0.5, 0.6) is 0 Å². The summed E-state index contributed by atoms with van der Waals surface area (Å²) in [6, 6.07) is 2.59. The van der Waals surface area contributed by atoms with E-state index in [1.165, 1.54) is 10.0 Å². The molecule has 0 saturated carbocycles. The van der Waals surface area contributed by atoms with Crippen molar-refractivity contribution in [2.24, 2.45) is 0 Å². The normalized spacial score (nSPS) is 20.8. The number of nitrogens with zero attached hydrogens (tertiary/aromatic N) is 3. The average Bonchev–Trinajstić information content (AvgIpc) is 2.94. The summed E-state index contributed by atoms with van der Waals surface area (Å²) in [5.41, 5.74) is 1.04. The lowest BCUT2D eigenvalue weighted by molar-refractivity contribution is -0.123. The molecule has 3 heterocycles. The highest BCUT2D eigenvalue weighted by Gasteiger charge is 2.39. The summed E-state index contributed by atoms with van der Waals surface area (Å²) in [5.74, 6) is -1.22. The van der Waals surface area contributed by atoms with Crippen molar-refractivity contribution in [1.29, 1.82) is 0 Å². The number of urea groups is 1. The number of imide groups is 1. The maximum Gasteiger partial charge on any atom is 0.342 e. The number of amides is 4. The minimum absolute atomic E-state index is 0.0124. The fourth-order valence-corrected chi connectivity index (χ4v) is 3.46. The summed E-state index contributed by atoms with van der Waals surface area (Å²) in [6.07, 6.45) is 0.111. The molecule has 4 amide bonds. The molecule has 0 atom stereocenters. The standard InChI is InChI=1S/C16H18FN5O3/c17-14-11-9-22(21-6-3-13(23)19-16(21)25)15(24)10(11)1-2-12(14)20-7-4-18-5-8-20/h1-2,18H,3-9H2,(H,19,23,25). The Morgan fingerprint density at radius 3 is 2.48 bits per heavy atom. The van der Waals surface area contributed by atoms with E-state index in [2.05, 4.69) is 10.6 Å². The maximum absolute atomic E-state index is 15.0. The van der Waals surface area contributed by atoms with Gasteiger partial charge >= 0.3 is 6.03 Å². The van der Waals surface area contributed by atoms with Crippen LogP contribution in [0.2, 0.25) is 0 Å². The summed E-state index contributed by atoms with van der Waals surface area (Å²) in [6.45, 7) is 3.05.